The Kier molecular flexibility index (Phi) is 4.76. The highest BCUT2D eigenvalue weighted by atomic mass is 16.2. The van der Waals surface area contributed by atoms with Gasteiger partial charge in [-0.2, -0.15) is 0 Å². The van der Waals surface area contributed by atoms with Crippen LogP contribution in [0.2, 0.25) is 0 Å². The third-order valence-corrected chi connectivity index (χ3v) is 5.29. The van der Waals surface area contributed by atoms with E-state index in [0.29, 0.717) is 12.5 Å². The van der Waals surface area contributed by atoms with Gasteiger partial charge < -0.3 is 15.2 Å². The number of likely N-dealkylation sites (tertiary alicyclic amines) is 1. The van der Waals surface area contributed by atoms with Crippen molar-refractivity contribution in [2.24, 2.45) is 11.7 Å². The van der Waals surface area contributed by atoms with E-state index in [0.717, 1.165) is 36.5 Å². The Hall–Kier alpha value is -2.07. The van der Waals surface area contributed by atoms with Crippen molar-refractivity contribution in [3.63, 3.8) is 0 Å². The van der Waals surface area contributed by atoms with E-state index in [1.54, 1.807) is 0 Å². The van der Waals surface area contributed by atoms with Crippen molar-refractivity contribution in [3.05, 3.63) is 58.9 Å². The van der Waals surface area contributed by atoms with Gasteiger partial charge in [0.2, 0.25) is 0 Å². The number of rotatable bonds is 4. The first kappa shape index (κ1) is 16.8. The van der Waals surface area contributed by atoms with Crippen LogP contribution in [0.25, 0.3) is 0 Å². The maximum Gasteiger partial charge on any atom is 0.255 e. The third kappa shape index (κ3) is 2.98. The molecule has 0 radical (unpaired) electrons. The zero-order valence-corrected chi connectivity index (χ0v) is 14.8. The van der Waals surface area contributed by atoms with Gasteiger partial charge in [0.05, 0.1) is 11.6 Å². The standard InChI is InChI=1S/C20H27N3O/c1-14-11-19(20(24)22-10-9-17(12-21)13-22)16(3)23(14)15(2)18-7-5-4-6-8-18/h4-8,11,15,17H,9-10,12-13,21H2,1-3H3/t15-,17-/m1/s1. The number of aromatic nitrogens is 1. The van der Waals surface area contributed by atoms with Crippen molar-refractivity contribution in [2.75, 3.05) is 19.6 Å². The van der Waals surface area contributed by atoms with Crippen molar-refractivity contribution in [1.29, 1.82) is 0 Å². The molecule has 1 amide bonds. The Balaban J connectivity index is 1.88. The van der Waals surface area contributed by atoms with Crippen molar-refractivity contribution in [2.45, 2.75) is 33.2 Å². The van der Waals surface area contributed by atoms with Crippen LogP contribution < -0.4 is 5.73 Å². The highest BCUT2D eigenvalue weighted by Crippen LogP contribution is 2.27. The van der Waals surface area contributed by atoms with Crippen molar-refractivity contribution in [3.8, 4) is 0 Å². The zero-order chi connectivity index (χ0) is 17.3. The quantitative estimate of drug-likeness (QED) is 0.939. The molecule has 2 N–H and O–H groups in total. The molecule has 0 unspecified atom stereocenters. The lowest BCUT2D eigenvalue weighted by Crippen LogP contribution is -2.30. The largest absolute Gasteiger partial charge is 0.341 e. The van der Waals surface area contributed by atoms with Gasteiger partial charge in [-0.1, -0.05) is 30.3 Å². The van der Waals surface area contributed by atoms with E-state index in [9.17, 15) is 4.79 Å². The molecule has 4 nitrogen and oxygen atoms in total. The Morgan fingerprint density at radius 1 is 1.29 bits per heavy atom. The van der Waals surface area contributed by atoms with Gasteiger partial charge in [-0.15, -0.1) is 0 Å². The highest BCUT2D eigenvalue weighted by molar-refractivity contribution is 5.96. The number of carbonyl (C=O) groups excluding carboxylic acids is 1. The van der Waals surface area contributed by atoms with Gasteiger partial charge >= 0.3 is 0 Å². The number of nitrogens with two attached hydrogens (primary N) is 1. The van der Waals surface area contributed by atoms with Crippen LogP contribution in [0.4, 0.5) is 0 Å². The first-order valence-corrected chi connectivity index (χ1v) is 8.75. The van der Waals surface area contributed by atoms with E-state index in [1.807, 2.05) is 17.0 Å². The Morgan fingerprint density at radius 3 is 2.62 bits per heavy atom. The normalized spacial score (nSPS) is 18.8. The molecular weight excluding hydrogens is 298 g/mol. The minimum Gasteiger partial charge on any atom is -0.341 e. The van der Waals surface area contributed by atoms with Crippen LogP contribution in [0, 0.1) is 19.8 Å². The van der Waals surface area contributed by atoms with E-state index < -0.39 is 0 Å². The first-order chi connectivity index (χ1) is 11.5. The maximum atomic E-state index is 12.9. The van der Waals surface area contributed by atoms with Gasteiger partial charge in [0, 0.05) is 24.5 Å². The summed E-state index contributed by atoms with van der Waals surface area (Å²) in [6.07, 6.45) is 1.02. The lowest BCUT2D eigenvalue weighted by Gasteiger charge is -2.20. The molecule has 2 heterocycles. The third-order valence-electron chi connectivity index (χ3n) is 5.29. The number of carbonyl (C=O) groups is 1. The molecule has 0 saturated carbocycles. The highest BCUT2D eigenvalue weighted by Gasteiger charge is 2.28. The molecule has 1 fully saturated rings. The monoisotopic (exact) mass is 325 g/mol. The summed E-state index contributed by atoms with van der Waals surface area (Å²) in [5.41, 5.74) is 10.0. The second-order valence-corrected chi connectivity index (χ2v) is 6.88. The van der Waals surface area contributed by atoms with Crippen LogP contribution in [-0.2, 0) is 0 Å². The minimum atomic E-state index is 0.144. The molecular formula is C20H27N3O. The SMILES string of the molecule is Cc1cc(C(=O)N2CC[C@H](CN)C2)c(C)n1[C@H](C)c1ccccc1. The van der Waals surface area contributed by atoms with Gasteiger partial charge in [0.1, 0.15) is 0 Å². The molecule has 1 aliphatic rings. The first-order valence-electron chi connectivity index (χ1n) is 8.75. The van der Waals surface area contributed by atoms with E-state index in [1.165, 1.54) is 5.56 Å². The summed E-state index contributed by atoms with van der Waals surface area (Å²) in [6.45, 7) is 8.58. The summed E-state index contributed by atoms with van der Waals surface area (Å²) in [5, 5.41) is 0. The lowest BCUT2D eigenvalue weighted by atomic mass is 10.1. The zero-order valence-electron chi connectivity index (χ0n) is 14.8. The average Bonchev–Trinajstić information content (AvgIpc) is 3.19. The number of benzene rings is 1. The van der Waals surface area contributed by atoms with E-state index in [-0.39, 0.29) is 11.9 Å². The fourth-order valence-corrected chi connectivity index (χ4v) is 3.85. The molecule has 0 aliphatic carbocycles. The summed E-state index contributed by atoms with van der Waals surface area (Å²) in [7, 11) is 0. The van der Waals surface area contributed by atoms with Crippen molar-refractivity contribution >= 4 is 5.91 Å². The molecule has 1 aromatic heterocycles. The van der Waals surface area contributed by atoms with Gasteiger partial charge in [-0.3, -0.25) is 4.79 Å². The van der Waals surface area contributed by atoms with Crippen molar-refractivity contribution < 1.29 is 4.79 Å². The summed E-state index contributed by atoms with van der Waals surface area (Å²) in [5.74, 6) is 0.589. The van der Waals surface area contributed by atoms with Gasteiger partial charge in [-0.05, 0) is 51.3 Å². The number of hydrogen-bond acceptors (Lipinski definition) is 2. The fourth-order valence-electron chi connectivity index (χ4n) is 3.85. The predicted octanol–water partition coefficient (Wildman–Crippen LogP) is 3.14. The van der Waals surface area contributed by atoms with Crippen LogP contribution in [0.1, 0.15) is 46.7 Å². The van der Waals surface area contributed by atoms with Crippen LogP contribution in [-0.4, -0.2) is 35.0 Å². The number of amides is 1. The number of nitrogens with zero attached hydrogens (tertiary/aromatic N) is 2. The van der Waals surface area contributed by atoms with Gasteiger partial charge in [0.15, 0.2) is 0 Å². The van der Waals surface area contributed by atoms with Crippen LogP contribution in [0.5, 0.6) is 0 Å². The van der Waals surface area contributed by atoms with E-state index >= 15 is 0 Å². The fraction of sp³-hybridized carbons (Fsp3) is 0.450. The molecule has 1 aromatic carbocycles. The molecule has 1 aliphatic heterocycles. The summed E-state index contributed by atoms with van der Waals surface area (Å²) >= 11 is 0. The summed E-state index contributed by atoms with van der Waals surface area (Å²) < 4.78 is 2.26. The van der Waals surface area contributed by atoms with Crippen LogP contribution >= 0.6 is 0 Å². The second kappa shape index (κ2) is 6.81. The molecule has 24 heavy (non-hydrogen) atoms. The lowest BCUT2D eigenvalue weighted by molar-refractivity contribution is 0.0787. The summed E-state index contributed by atoms with van der Waals surface area (Å²) in [4.78, 5) is 14.9. The van der Waals surface area contributed by atoms with Gasteiger partial charge in [0.25, 0.3) is 5.91 Å². The summed E-state index contributed by atoms with van der Waals surface area (Å²) in [6, 6.07) is 12.7. The Morgan fingerprint density at radius 2 is 2.00 bits per heavy atom. The molecule has 0 bridgehead atoms. The molecule has 3 rings (SSSR count). The smallest absolute Gasteiger partial charge is 0.255 e. The van der Waals surface area contributed by atoms with Crippen LogP contribution in [0.15, 0.2) is 36.4 Å². The molecule has 2 atom stereocenters. The molecule has 128 valence electrons. The van der Waals surface area contributed by atoms with Crippen molar-refractivity contribution in [1.82, 2.24) is 9.47 Å². The molecule has 0 spiro atoms. The molecule has 2 aromatic rings. The Labute approximate surface area is 144 Å². The van der Waals surface area contributed by atoms with Crippen LogP contribution in [0.3, 0.4) is 0 Å². The number of hydrogen-bond donors (Lipinski definition) is 1. The number of aryl methyl sites for hydroxylation is 1. The maximum absolute atomic E-state index is 12.9. The second-order valence-electron chi connectivity index (χ2n) is 6.88. The van der Waals surface area contributed by atoms with E-state index in [4.69, 9.17) is 5.73 Å². The molecule has 1 saturated heterocycles. The Bertz CT molecular complexity index is 720. The molecule has 4 heteroatoms. The minimum absolute atomic E-state index is 0.144. The average molecular weight is 325 g/mol. The predicted molar refractivity (Wildman–Crippen MR) is 97.2 cm³/mol. The van der Waals surface area contributed by atoms with Gasteiger partial charge in [-0.25, -0.2) is 0 Å². The topological polar surface area (TPSA) is 51.3 Å². The van der Waals surface area contributed by atoms with E-state index in [2.05, 4.69) is 49.6 Å².